The Bertz CT molecular complexity index is 717. The zero-order chi connectivity index (χ0) is 22.3. The molecule has 1 aliphatic rings. The maximum atomic E-state index is 12.5. The van der Waals surface area contributed by atoms with Crippen LogP contribution >= 0.6 is 0 Å². The summed E-state index contributed by atoms with van der Waals surface area (Å²) >= 11 is 0. The predicted octanol–water partition coefficient (Wildman–Crippen LogP) is 4.95. The maximum absolute atomic E-state index is 12.5. The Kier molecular flexibility index (Phi) is 9.11. The first-order chi connectivity index (χ1) is 14.2. The van der Waals surface area contributed by atoms with E-state index in [1.807, 2.05) is 26.0 Å². The fourth-order valence-corrected chi connectivity index (χ4v) is 4.22. The molecule has 1 aromatic carbocycles. The number of benzene rings is 1. The number of hydrogen-bond donors (Lipinski definition) is 2. The molecule has 0 spiro atoms. The Morgan fingerprint density at radius 3 is 2.70 bits per heavy atom. The third-order valence-electron chi connectivity index (χ3n) is 6.63. The number of carbonyl (C=O) groups excluding carboxylic acids is 1. The van der Waals surface area contributed by atoms with Gasteiger partial charge in [-0.05, 0) is 61.6 Å². The highest BCUT2D eigenvalue weighted by Crippen LogP contribution is 2.33. The summed E-state index contributed by atoms with van der Waals surface area (Å²) in [4.78, 5) is 12.5. The molecule has 0 radical (unpaired) electrons. The summed E-state index contributed by atoms with van der Waals surface area (Å²) in [6, 6.07) is 8.39. The molecule has 0 aliphatic carbocycles. The van der Waals surface area contributed by atoms with Crippen molar-refractivity contribution >= 4 is 5.97 Å². The molecule has 1 aromatic rings. The topological polar surface area (TPSA) is 66.8 Å². The van der Waals surface area contributed by atoms with Gasteiger partial charge in [-0.15, -0.1) is 0 Å². The van der Waals surface area contributed by atoms with Gasteiger partial charge in [0.15, 0.2) is 0 Å². The highest BCUT2D eigenvalue weighted by molar-refractivity contribution is 5.69. The van der Waals surface area contributed by atoms with Crippen molar-refractivity contribution in [1.82, 2.24) is 0 Å². The highest BCUT2D eigenvalue weighted by Gasteiger charge is 2.32. The molecule has 0 unspecified atom stereocenters. The molecule has 4 atom stereocenters. The van der Waals surface area contributed by atoms with Crippen molar-refractivity contribution in [2.24, 2.45) is 11.8 Å². The van der Waals surface area contributed by atoms with Crippen LogP contribution in [0.2, 0.25) is 0 Å². The van der Waals surface area contributed by atoms with Crippen LogP contribution in [-0.2, 0) is 21.4 Å². The average molecular weight is 417 g/mol. The fraction of sp³-hybridized carbons (Fsp3) is 0.654. The summed E-state index contributed by atoms with van der Waals surface area (Å²) in [6.45, 7) is 10.4. The molecule has 1 heterocycles. The van der Waals surface area contributed by atoms with Crippen molar-refractivity contribution in [3.05, 3.63) is 47.0 Å². The van der Waals surface area contributed by atoms with Gasteiger partial charge in [0.05, 0.1) is 6.10 Å². The Labute approximate surface area is 182 Å². The molecule has 0 saturated heterocycles. The largest absolute Gasteiger partial charge is 0.458 e. The van der Waals surface area contributed by atoms with Gasteiger partial charge in [-0.2, -0.15) is 0 Å². The first-order valence-electron chi connectivity index (χ1n) is 11.4. The molecule has 2 bridgehead atoms. The van der Waals surface area contributed by atoms with Crippen LogP contribution in [0.4, 0.5) is 0 Å². The summed E-state index contributed by atoms with van der Waals surface area (Å²) in [5.74, 6) is 0.0773. The normalized spacial score (nSPS) is 27.1. The summed E-state index contributed by atoms with van der Waals surface area (Å²) in [5, 5.41) is 20.6. The van der Waals surface area contributed by atoms with Gasteiger partial charge in [0.2, 0.25) is 0 Å². The molecular weight excluding hydrogens is 376 g/mol. The number of aryl methyl sites for hydroxylation is 1. The minimum Gasteiger partial charge on any atom is -0.458 e. The van der Waals surface area contributed by atoms with E-state index in [0.717, 1.165) is 30.4 Å². The van der Waals surface area contributed by atoms with Crippen molar-refractivity contribution in [2.75, 3.05) is 6.61 Å². The summed E-state index contributed by atoms with van der Waals surface area (Å²) in [5.41, 5.74) is 2.96. The zero-order valence-electron chi connectivity index (χ0n) is 19.4. The zero-order valence-corrected chi connectivity index (χ0v) is 19.4. The Hall–Kier alpha value is -1.65. The summed E-state index contributed by atoms with van der Waals surface area (Å²) in [7, 11) is 0. The Morgan fingerprint density at radius 2 is 2.03 bits per heavy atom. The lowest BCUT2D eigenvalue weighted by atomic mass is 9.75. The number of ether oxygens (including phenoxy) is 1. The van der Waals surface area contributed by atoms with Crippen LogP contribution in [0.3, 0.4) is 0 Å². The van der Waals surface area contributed by atoms with Crippen LogP contribution < -0.4 is 0 Å². The predicted molar refractivity (Wildman–Crippen MR) is 121 cm³/mol. The van der Waals surface area contributed by atoms with E-state index in [4.69, 9.17) is 4.74 Å². The summed E-state index contributed by atoms with van der Waals surface area (Å²) in [6.07, 6.45) is 5.33. The third-order valence-corrected chi connectivity index (χ3v) is 6.63. The number of cyclic esters (lactones) is 1. The van der Waals surface area contributed by atoms with E-state index < -0.39 is 6.10 Å². The molecule has 0 saturated carbocycles. The number of carbonyl (C=O) groups is 1. The van der Waals surface area contributed by atoms with Crippen LogP contribution in [0.15, 0.2) is 35.9 Å². The quantitative estimate of drug-likeness (QED) is 0.538. The molecule has 0 amide bonds. The number of aliphatic hydroxyl groups excluding tert-OH is 2. The molecule has 2 rings (SSSR count). The molecule has 4 nitrogen and oxygen atoms in total. The molecule has 0 fully saturated rings. The van der Waals surface area contributed by atoms with Gasteiger partial charge in [-0.25, -0.2) is 0 Å². The van der Waals surface area contributed by atoms with Crippen LogP contribution in [0.5, 0.6) is 0 Å². The minimum absolute atomic E-state index is 0.0710. The lowest BCUT2D eigenvalue weighted by Gasteiger charge is -2.34. The van der Waals surface area contributed by atoms with E-state index >= 15 is 0 Å². The lowest BCUT2D eigenvalue weighted by Crippen LogP contribution is -2.36. The lowest BCUT2D eigenvalue weighted by molar-refractivity contribution is -0.148. The number of esters is 1. The number of rotatable bonds is 4. The molecular formula is C26H40O4. The van der Waals surface area contributed by atoms with Gasteiger partial charge in [0.25, 0.3) is 0 Å². The van der Waals surface area contributed by atoms with E-state index in [0.29, 0.717) is 19.3 Å². The van der Waals surface area contributed by atoms with Gasteiger partial charge in [-0.1, -0.05) is 58.0 Å². The Balaban J connectivity index is 2.29. The summed E-state index contributed by atoms with van der Waals surface area (Å²) < 4.78 is 5.89. The standard InChI is InChI=1S/C26H40O4/c1-6-20(17-27)15-19(3)23-13-18(2)14-24(28)26(4,5)22-11-7-9-21(16-22)10-8-12-25(29)30-23/h7,9,11,15-16,18,20,23-24,27-28H,6,8,10,12-14,17H2,1-5H3/b19-15-/t18-,20-,23+,24+/m1/s1. The second-order valence-corrected chi connectivity index (χ2v) is 9.61. The van der Waals surface area contributed by atoms with Crippen LogP contribution in [0, 0.1) is 11.8 Å². The van der Waals surface area contributed by atoms with Gasteiger partial charge in [0.1, 0.15) is 6.10 Å². The van der Waals surface area contributed by atoms with Crippen LogP contribution in [-0.4, -0.2) is 35.0 Å². The molecule has 168 valence electrons. The number of aliphatic hydroxyl groups is 2. The van der Waals surface area contributed by atoms with E-state index in [1.165, 1.54) is 5.56 Å². The van der Waals surface area contributed by atoms with Crippen LogP contribution in [0.1, 0.15) is 77.8 Å². The van der Waals surface area contributed by atoms with Gasteiger partial charge in [-0.3, -0.25) is 4.79 Å². The van der Waals surface area contributed by atoms with Crippen molar-refractivity contribution in [2.45, 2.75) is 90.8 Å². The van der Waals surface area contributed by atoms with E-state index in [2.05, 4.69) is 39.0 Å². The van der Waals surface area contributed by atoms with E-state index in [-0.39, 0.29) is 35.9 Å². The smallest absolute Gasteiger partial charge is 0.306 e. The maximum Gasteiger partial charge on any atom is 0.306 e. The number of fused-ring (bicyclic) bond motifs is 2. The van der Waals surface area contributed by atoms with Crippen molar-refractivity contribution in [3.8, 4) is 0 Å². The Morgan fingerprint density at radius 1 is 1.30 bits per heavy atom. The van der Waals surface area contributed by atoms with E-state index in [1.54, 1.807) is 0 Å². The third kappa shape index (κ3) is 6.68. The van der Waals surface area contributed by atoms with Crippen molar-refractivity contribution in [3.63, 3.8) is 0 Å². The average Bonchev–Trinajstić information content (AvgIpc) is 2.70. The second-order valence-electron chi connectivity index (χ2n) is 9.61. The minimum atomic E-state index is -0.493. The van der Waals surface area contributed by atoms with E-state index in [9.17, 15) is 15.0 Å². The molecule has 1 aliphatic heterocycles. The molecule has 0 aromatic heterocycles. The van der Waals surface area contributed by atoms with Gasteiger partial charge >= 0.3 is 5.97 Å². The SMILES string of the molecule is CC[C@H](/C=C(/C)[C@@H]1C[C@@H](C)C[C@H](O)C(C)(C)c2cccc(c2)CCCC(=O)O1)CO. The van der Waals surface area contributed by atoms with Gasteiger partial charge < -0.3 is 14.9 Å². The first kappa shape index (κ1) is 24.6. The monoisotopic (exact) mass is 416 g/mol. The fourth-order valence-electron chi connectivity index (χ4n) is 4.22. The van der Waals surface area contributed by atoms with Crippen molar-refractivity contribution < 1.29 is 19.7 Å². The van der Waals surface area contributed by atoms with Crippen LogP contribution in [0.25, 0.3) is 0 Å². The molecule has 4 heteroatoms. The first-order valence-corrected chi connectivity index (χ1v) is 11.4. The molecule has 2 N–H and O–H groups in total. The second kappa shape index (κ2) is 11.1. The highest BCUT2D eigenvalue weighted by atomic mass is 16.5. The molecule has 30 heavy (non-hydrogen) atoms. The van der Waals surface area contributed by atoms with Crippen molar-refractivity contribution in [1.29, 1.82) is 0 Å². The number of hydrogen-bond acceptors (Lipinski definition) is 4. The van der Waals surface area contributed by atoms with Gasteiger partial charge in [0, 0.05) is 24.4 Å².